The highest BCUT2D eigenvalue weighted by atomic mass is 16.5. The number of urea groups is 1. The van der Waals surface area contributed by atoms with Gasteiger partial charge in [0, 0.05) is 23.0 Å². The molecular formula is C20H21N3O3. The van der Waals surface area contributed by atoms with Gasteiger partial charge < -0.3 is 20.7 Å². The van der Waals surface area contributed by atoms with Gasteiger partial charge in [-0.15, -0.1) is 0 Å². The van der Waals surface area contributed by atoms with Gasteiger partial charge in [0.2, 0.25) is 0 Å². The second-order valence-electron chi connectivity index (χ2n) is 6.28. The standard InChI is InChI=1S/C20H21N3O3/c1-13(2)21-20(25)23-17-9-7-16(8-10-17)22-19(24)15-11-14-5-3-4-6-18(14)26-12-15/h3-11,13H,12H2,1-2H3,(H,22,24)(H2,21,23,25). The molecule has 0 spiro atoms. The summed E-state index contributed by atoms with van der Waals surface area (Å²) in [6.45, 7) is 4.01. The van der Waals surface area contributed by atoms with E-state index in [-0.39, 0.29) is 24.6 Å². The monoisotopic (exact) mass is 351 g/mol. The van der Waals surface area contributed by atoms with Crippen LogP contribution < -0.4 is 20.7 Å². The van der Waals surface area contributed by atoms with Gasteiger partial charge in [0.25, 0.3) is 5.91 Å². The molecule has 6 heteroatoms. The molecule has 0 fully saturated rings. The lowest BCUT2D eigenvalue weighted by atomic mass is 10.1. The maximum atomic E-state index is 12.4. The van der Waals surface area contributed by atoms with Crippen LogP contribution >= 0.6 is 0 Å². The van der Waals surface area contributed by atoms with Gasteiger partial charge in [-0.2, -0.15) is 0 Å². The SMILES string of the molecule is CC(C)NC(=O)Nc1ccc(NC(=O)C2=Cc3ccccc3OC2)cc1. The minimum absolute atomic E-state index is 0.0599. The first-order chi connectivity index (χ1) is 12.5. The van der Waals surface area contributed by atoms with Gasteiger partial charge in [0.05, 0.1) is 5.57 Å². The largest absolute Gasteiger partial charge is 0.488 e. The molecule has 1 aliphatic heterocycles. The summed E-state index contributed by atoms with van der Waals surface area (Å²) in [5.74, 6) is 0.567. The van der Waals surface area contributed by atoms with Crippen LogP contribution in [0.1, 0.15) is 19.4 Å². The van der Waals surface area contributed by atoms with Gasteiger partial charge in [0.15, 0.2) is 0 Å². The Morgan fingerprint density at radius 3 is 2.31 bits per heavy atom. The lowest BCUT2D eigenvalue weighted by Crippen LogP contribution is -2.34. The van der Waals surface area contributed by atoms with Gasteiger partial charge in [0.1, 0.15) is 12.4 Å². The third-order valence-electron chi connectivity index (χ3n) is 3.74. The third-order valence-corrected chi connectivity index (χ3v) is 3.74. The molecule has 26 heavy (non-hydrogen) atoms. The van der Waals surface area contributed by atoms with Crippen molar-refractivity contribution in [1.82, 2.24) is 5.32 Å². The molecule has 3 N–H and O–H groups in total. The Bertz CT molecular complexity index is 842. The normalized spacial score (nSPS) is 12.5. The van der Waals surface area contributed by atoms with Crippen LogP contribution in [0.25, 0.3) is 6.08 Å². The summed E-state index contributed by atoms with van der Waals surface area (Å²) in [4.78, 5) is 24.1. The van der Waals surface area contributed by atoms with Crippen molar-refractivity contribution < 1.29 is 14.3 Å². The van der Waals surface area contributed by atoms with Gasteiger partial charge in [-0.3, -0.25) is 4.79 Å². The zero-order valence-electron chi connectivity index (χ0n) is 14.7. The molecule has 0 saturated carbocycles. The van der Waals surface area contributed by atoms with E-state index in [1.54, 1.807) is 24.3 Å². The number of fused-ring (bicyclic) bond motifs is 1. The quantitative estimate of drug-likeness (QED) is 0.787. The Morgan fingerprint density at radius 2 is 1.62 bits per heavy atom. The average Bonchev–Trinajstić information content (AvgIpc) is 2.62. The van der Waals surface area contributed by atoms with Crippen molar-refractivity contribution in [3.8, 4) is 5.75 Å². The van der Waals surface area contributed by atoms with Gasteiger partial charge in [-0.1, -0.05) is 18.2 Å². The summed E-state index contributed by atoms with van der Waals surface area (Å²) in [7, 11) is 0. The molecule has 3 rings (SSSR count). The second kappa shape index (κ2) is 7.74. The minimum atomic E-state index is -0.264. The van der Waals surface area contributed by atoms with Crippen molar-refractivity contribution in [3.63, 3.8) is 0 Å². The number of hydrogen-bond donors (Lipinski definition) is 3. The Hall–Kier alpha value is -3.28. The third kappa shape index (κ3) is 4.42. The summed E-state index contributed by atoms with van der Waals surface area (Å²) in [5, 5.41) is 8.32. The maximum absolute atomic E-state index is 12.4. The Morgan fingerprint density at radius 1 is 0.962 bits per heavy atom. The van der Waals surface area contributed by atoms with E-state index in [1.165, 1.54) is 0 Å². The van der Waals surface area contributed by atoms with E-state index in [1.807, 2.05) is 44.2 Å². The minimum Gasteiger partial charge on any atom is -0.488 e. The van der Waals surface area contributed by atoms with Crippen LogP contribution in [0.2, 0.25) is 0 Å². The van der Waals surface area contributed by atoms with E-state index in [4.69, 9.17) is 4.74 Å². The van der Waals surface area contributed by atoms with Crippen LogP contribution in [0.15, 0.2) is 54.1 Å². The number of anilines is 2. The Kier molecular flexibility index (Phi) is 5.22. The number of rotatable bonds is 4. The van der Waals surface area contributed by atoms with E-state index < -0.39 is 0 Å². The van der Waals surface area contributed by atoms with Crippen molar-refractivity contribution >= 4 is 29.4 Å². The van der Waals surface area contributed by atoms with Crippen molar-refractivity contribution in [3.05, 3.63) is 59.7 Å². The number of benzene rings is 2. The van der Waals surface area contributed by atoms with Crippen LogP contribution in [-0.4, -0.2) is 24.6 Å². The molecule has 0 aliphatic carbocycles. The van der Waals surface area contributed by atoms with Crippen molar-refractivity contribution in [2.24, 2.45) is 0 Å². The number of hydrogen-bond acceptors (Lipinski definition) is 3. The molecule has 2 aromatic carbocycles. The zero-order chi connectivity index (χ0) is 18.5. The van der Waals surface area contributed by atoms with Crippen molar-refractivity contribution in [1.29, 1.82) is 0 Å². The molecule has 1 heterocycles. The number of nitrogens with one attached hydrogen (secondary N) is 3. The summed E-state index contributed by atoms with van der Waals surface area (Å²) < 4.78 is 5.61. The molecule has 0 atom stereocenters. The highest BCUT2D eigenvalue weighted by Gasteiger charge is 2.17. The molecule has 0 radical (unpaired) electrons. The summed E-state index contributed by atoms with van der Waals surface area (Å²) in [6, 6.07) is 14.3. The number of ether oxygens (including phenoxy) is 1. The fourth-order valence-corrected chi connectivity index (χ4v) is 2.52. The summed E-state index contributed by atoms with van der Waals surface area (Å²) in [5.41, 5.74) is 2.74. The number of carbonyl (C=O) groups excluding carboxylic acids is 2. The molecule has 0 bridgehead atoms. The van der Waals surface area contributed by atoms with Gasteiger partial charge in [-0.25, -0.2) is 4.79 Å². The topological polar surface area (TPSA) is 79.5 Å². The molecule has 0 aromatic heterocycles. The van der Waals surface area contributed by atoms with E-state index in [2.05, 4.69) is 16.0 Å². The van der Waals surface area contributed by atoms with E-state index in [0.29, 0.717) is 16.9 Å². The summed E-state index contributed by atoms with van der Waals surface area (Å²) >= 11 is 0. The number of carbonyl (C=O) groups is 2. The smallest absolute Gasteiger partial charge is 0.319 e. The molecule has 3 amide bonds. The Labute approximate surface area is 152 Å². The van der Waals surface area contributed by atoms with Crippen LogP contribution in [0.4, 0.5) is 16.2 Å². The first kappa shape index (κ1) is 17.5. The fraction of sp³-hybridized carbons (Fsp3) is 0.200. The molecule has 134 valence electrons. The first-order valence-corrected chi connectivity index (χ1v) is 8.42. The first-order valence-electron chi connectivity index (χ1n) is 8.42. The molecule has 6 nitrogen and oxygen atoms in total. The van der Waals surface area contributed by atoms with E-state index >= 15 is 0 Å². The molecule has 1 aliphatic rings. The van der Waals surface area contributed by atoms with Crippen LogP contribution in [0, 0.1) is 0 Å². The highest BCUT2D eigenvalue weighted by molar-refractivity contribution is 6.07. The van der Waals surface area contributed by atoms with Gasteiger partial charge in [-0.05, 0) is 50.3 Å². The van der Waals surface area contributed by atoms with Crippen LogP contribution in [0.3, 0.4) is 0 Å². The number of para-hydroxylation sites is 1. The lowest BCUT2D eigenvalue weighted by Gasteiger charge is -2.17. The van der Waals surface area contributed by atoms with Gasteiger partial charge >= 0.3 is 6.03 Å². The van der Waals surface area contributed by atoms with E-state index in [9.17, 15) is 9.59 Å². The fourth-order valence-electron chi connectivity index (χ4n) is 2.52. The zero-order valence-corrected chi connectivity index (χ0v) is 14.7. The average molecular weight is 351 g/mol. The van der Waals surface area contributed by atoms with Crippen molar-refractivity contribution in [2.45, 2.75) is 19.9 Å². The van der Waals surface area contributed by atoms with Crippen LogP contribution in [0.5, 0.6) is 5.75 Å². The Balaban J connectivity index is 1.62. The highest BCUT2D eigenvalue weighted by Crippen LogP contribution is 2.26. The second-order valence-corrected chi connectivity index (χ2v) is 6.28. The molecule has 0 unspecified atom stereocenters. The molecular weight excluding hydrogens is 330 g/mol. The molecule has 2 aromatic rings. The maximum Gasteiger partial charge on any atom is 0.319 e. The van der Waals surface area contributed by atoms with Crippen LogP contribution in [-0.2, 0) is 4.79 Å². The predicted octanol–water partition coefficient (Wildman–Crippen LogP) is 3.63. The molecule has 0 saturated heterocycles. The van der Waals surface area contributed by atoms with E-state index in [0.717, 1.165) is 11.3 Å². The number of amides is 3. The predicted molar refractivity (Wildman–Crippen MR) is 102 cm³/mol. The lowest BCUT2D eigenvalue weighted by molar-refractivity contribution is -0.113. The van der Waals surface area contributed by atoms with Crippen molar-refractivity contribution in [2.75, 3.05) is 17.2 Å². The summed E-state index contributed by atoms with van der Waals surface area (Å²) in [6.07, 6.45) is 1.83.